The van der Waals surface area contributed by atoms with Crippen LogP contribution >= 0.6 is 0 Å². The molecule has 1 heterocycles. The smallest absolute Gasteiger partial charge is 0.325 e. The van der Waals surface area contributed by atoms with Crippen molar-refractivity contribution in [2.45, 2.75) is 19.6 Å². The Morgan fingerprint density at radius 1 is 1.06 bits per heavy atom. The van der Waals surface area contributed by atoms with E-state index in [1.165, 1.54) is 4.57 Å². The highest BCUT2D eigenvalue weighted by Gasteiger charge is 2.23. The van der Waals surface area contributed by atoms with Crippen LogP contribution in [-0.4, -0.2) is 29.5 Å². The fourth-order valence-corrected chi connectivity index (χ4v) is 3.88. The molecule has 7 heteroatoms. The molecule has 34 heavy (non-hydrogen) atoms. The Labute approximate surface area is 197 Å². The van der Waals surface area contributed by atoms with E-state index in [2.05, 4.69) is 0 Å². The van der Waals surface area contributed by atoms with Crippen molar-refractivity contribution in [3.63, 3.8) is 0 Å². The summed E-state index contributed by atoms with van der Waals surface area (Å²) < 4.78 is 13.3. The molecule has 0 amide bonds. The van der Waals surface area contributed by atoms with Gasteiger partial charge in [-0.3, -0.25) is 9.36 Å². The van der Waals surface area contributed by atoms with E-state index in [0.29, 0.717) is 32.8 Å². The molecule has 0 saturated carbocycles. The van der Waals surface area contributed by atoms with Crippen molar-refractivity contribution in [1.29, 1.82) is 0 Å². The third-order valence-corrected chi connectivity index (χ3v) is 5.46. The summed E-state index contributed by atoms with van der Waals surface area (Å²) in [6.45, 7) is 1.83. The summed E-state index contributed by atoms with van der Waals surface area (Å²) in [5, 5.41) is 23.8. The molecule has 0 aliphatic heterocycles. The van der Waals surface area contributed by atoms with Gasteiger partial charge in [-0.25, -0.2) is 0 Å². The van der Waals surface area contributed by atoms with Gasteiger partial charge < -0.3 is 19.8 Å². The third kappa shape index (κ3) is 4.65. The van der Waals surface area contributed by atoms with Crippen LogP contribution in [0.5, 0.6) is 11.5 Å². The first-order valence-corrected chi connectivity index (χ1v) is 11.0. The zero-order valence-electron chi connectivity index (χ0n) is 19.0. The maximum atomic E-state index is 13.4. The largest absolute Gasteiger partial charge is 0.618 e. The van der Waals surface area contributed by atoms with E-state index in [9.17, 15) is 15.1 Å². The third-order valence-electron chi connectivity index (χ3n) is 5.46. The zero-order valence-corrected chi connectivity index (χ0v) is 19.0. The number of ether oxygens (including phenoxy) is 2. The summed E-state index contributed by atoms with van der Waals surface area (Å²) in [6.07, 6.45) is 2.86. The first kappa shape index (κ1) is 23.1. The van der Waals surface area contributed by atoms with E-state index in [1.807, 2.05) is 37.3 Å². The lowest BCUT2D eigenvalue weighted by molar-refractivity contribution is -0.566. The molecule has 1 N–H and O–H groups in total. The normalized spacial score (nSPS) is 12.2. The molecule has 4 rings (SSSR count). The van der Waals surface area contributed by atoms with E-state index in [1.54, 1.807) is 61.7 Å². The predicted octanol–water partition coefficient (Wildman–Crippen LogP) is 3.78. The van der Waals surface area contributed by atoms with Crippen molar-refractivity contribution in [3.8, 4) is 22.8 Å². The first-order valence-electron chi connectivity index (χ1n) is 11.0. The number of aliphatic hydroxyl groups is 1. The molecular formula is C27H26N2O5. The van der Waals surface area contributed by atoms with Gasteiger partial charge in [0, 0.05) is 6.07 Å². The maximum Gasteiger partial charge on any atom is 0.325 e. The van der Waals surface area contributed by atoms with Crippen LogP contribution in [0.3, 0.4) is 0 Å². The molecule has 1 aromatic heterocycles. The molecule has 0 radical (unpaired) electrons. The van der Waals surface area contributed by atoms with Crippen LogP contribution in [0, 0.1) is 5.21 Å². The Kier molecular flexibility index (Phi) is 6.94. The summed E-state index contributed by atoms with van der Waals surface area (Å²) in [7, 11) is 1.55. The topological polar surface area (TPSA) is 87.6 Å². The molecule has 3 aromatic carbocycles. The molecule has 0 aliphatic rings. The molecule has 174 valence electrons. The van der Waals surface area contributed by atoms with Gasteiger partial charge >= 0.3 is 5.56 Å². The number of allylic oxidation sites excluding steroid dienone is 1. The Hall–Kier alpha value is -4.10. The second-order valence-electron chi connectivity index (χ2n) is 7.79. The van der Waals surface area contributed by atoms with Gasteiger partial charge in [-0.15, -0.1) is 0 Å². The van der Waals surface area contributed by atoms with Crippen LogP contribution in [0.25, 0.3) is 28.4 Å². The molecule has 0 saturated heterocycles. The number of benzene rings is 3. The number of para-hydroxylation sites is 2. The van der Waals surface area contributed by atoms with Gasteiger partial charge in [-0.05, 0) is 42.8 Å². The number of hydrogen-bond donors (Lipinski definition) is 1. The van der Waals surface area contributed by atoms with Gasteiger partial charge in [0.15, 0.2) is 11.5 Å². The Balaban J connectivity index is 1.64. The average Bonchev–Trinajstić information content (AvgIpc) is 2.86. The van der Waals surface area contributed by atoms with E-state index in [-0.39, 0.29) is 18.8 Å². The van der Waals surface area contributed by atoms with E-state index in [4.69, 9.17) is 9.47 Å². The van der Waals surface area contributed by atoms with Crippen molar-refractivity contribution in [2.24, 2.45) is 0 Å². The molecule has 0 fully saturated rings. The van der Waals surface area contributed by atoms with Crippen LogP contribution in [0.4, 0.5) is 0 Å². The number of methoxy groups -OCH3 is 1. The fraction of sp³-hybridized carbons (Fsp3) is 0.185. The second-order valence-corrected chi connectivity index (χ2v) is 7.79. The van der Waals surface area contributed by atoms with Gasteiger partial charge in [0.05, 0.1) is 19.2 Å². The van der Waals surface area contributed by atoms with Crippen LogP contribution in [-0.2, 0) is 6.54 Å². The molecule has 0 spiro atoms. The monoisotopic (exact) mass is 458 g/mol. The van der Waals surface area contributed by atoms with Gasteiger partial charge in [-0.1, -0.05) is 48.6 Å². The summed E-state index contributed by atoms with van der Waals surface area (Å²) in [5.41, 5.74) is 1.79. The highest BCUT2D eigenvalue weighted by Crippen LogP contribution is 2.28. The van der Waals surface area contributed by atoms with Gasteiger partial charge in [0.2, 0.25) is 5.52 Å². The summed E-state index contributed by atoms with van der Waals surface area (Å²) in [5.74, 6) is 1.03. The van der Waals surface area contributed by atoms with Crippen molar-refractivity contribution < 1.29 is 19.3 Å². The lowest BCUT2D eigenvalue weighted by atomic mass is 10.1. The molecular weight excluding hydrogens is 432 g/mol. The van der Waals surface area contributed by atoms with Crippen LogP contribution in [0.2, 0.25) is 0 Å². The van der Waals surface area contributed by atoms with Crippen molar-refractivity contribution in [1.82, 2.24) is 4.57 Å². The quantitative estimate of drug-likeness (QED) is 0.321. The Bertz CT molecular complexity index is 1380. The molecule has 1 unspecified atom stereocenters. The van der Waals surface area contributed by atoms with E-state index >= 15 is 0 Å². The predicted molar refractivity (Wildman–Crippen MR) is 132 cm³/mol. The molecule has 4 aromatic rings. The standard InChI is InChI=1S/C27H26N2O5/c1-3-9-19-14-15-24(25(16-19)33-2)34-18-21(30)17-28-22-12-7-8-13-23(22)29(32)26(27(28)31)20-10-5-4-6-11-20/h3-16,21,30H,17-18H2,1-2H3. The number of nitrogens with zero attached hydrogens (tertiary/aromatic N) is 2. The van der Waals surface area contributed by atoms with Gasteiger partial charge in [0.1, 0.15) is 18.2 Å². The van der Waals surface area contributed by atoms with Gasteiger partial charge in [-0.2, -0.15) is 4.73 Å². The highest BCUT2D eigenvalue weighted by atomic mass is 16.5. The van der Waals surface area contributed by atoms with Crippen molar-refractivity contribution in [2.75, 3.05) is 13.7 Å². The summed E-state index contributed by atoms with van der Waals surface area (Å²) in [6, 6.07) is 21.1. The molecule has 7 nitrogen and oxygen atoms in total. The van der Waals surface area contributed by atoms with Crippen LogP contribution < -0.4 is 19.8 Å². The van der Waals surface area contributed by atoms with E-state index < -0.39 is 11.7 Å². The highest BCUT2D eigenvalue weighted by molar-refractivity contribution is 5.73. The number of hydrogen-bond acceptors (Lipinski definition) is 5. The second kappa shape index (κ2) is 10.2. The Morgan fingerprint density at radius 3 is 2.53 bits per heavy atom. The SMILES string of the molecule is CC=Cc1ccc(OCC(O)Cn2c(=O)c(-c3ccccc3)[n+]([O-])c3ccccc32)c(OC)c1. The van der Waals surface area contributed by atoms with Crippen LogP contribution in [0.15, 0.2) is 83.7 Å². The number of aromatic nitrogens is 2. The van der Waals surface area contributed by atoms with Gasteiger partial charge in [0.25, 0.3) is 5.69 Å². The summed E-state index contributed by atoms with van der Waals surface area (Å²) >= 11 is 0. The average molecular weight is 459 g/mol. The lowest BCUT2D eigenvalue weighted by Crippen LogP contribution is -2.42. The Morgan fingerprint density at radius 2 is 1.79 bits per heavy atom. The first-order chi connectivity index (χ1) is 16.5. The maximum absolute atomic E-state index is 13.4. The minimum atomic E-state index is -1.01. The zero-order chi connectivity index (χ0) is 24.1. The molecule has 1 atom stereocenters. The van der Waals surface area contributed by atoms with E-state index in [0.717, 1.165) is 5.56 Å². The van der Waals surface area contributed by atoms with Crippen molar-refractivity contribution >= 4 is 17.1 Å². The molecule has 0 aliphatic carbocycles. The van der Waals surface area contributed by atoms with Crippen LogP contribution in [0.1, 0.15) is 12.5 Å². The fourth-order valence-electron chi connectivity index (χ4n) is 3.88. The molecule has 0 bridgehead atoms. The number of fused-ring (bicyclic) bond motifs is 1. The minimum Gasteiger partial charge on any atom is -0.618 e. The number of aliphatic hydroxyl groups excluding tert-OH is 1. The number of rotatable bonds is 8. The minimum absolute atomic E-state index is 0.00801. The summed E-state index contributed by atoms with van der Waals surface area (Å²) in [4.78, 5) is 13.4. The van der Waals surface area contributed by atoms with Crippen molar-refractivity contribution in [3.05, 3.63) is 100.0 Å². The lowest BCUT2D eigenvalue weighted by Gasteiger charge is -2.18.